The third-order valence-corrected chi connectivity index (χ3v) is 6.06. The number of rotatable bonds is 11. The molecule has 0 aliphatic rings. The summed E-state index contributed by atoms with van der Waals surface area (Å²) in [4.78, 5) is 0. The van der Waals surface area contributed by atoms with E-state index < -0.39 is 52.4 Å². The smallest absolute Gasteiger partial charge is 0.194 e. The molecule has 0 saturated carbocycles. The predicted molar refractivity (Wildman–Crippen MR) is 117 cm³/mol. The summed E-state index contributed by atoms with van der Waals surface area (Å²) in [7, 11) is 0. The monoisotopic (exact) mass is 518 g/mol. The number of benzene rings is 3. The van der Waals surface area contributed by atoms with Gasteiger partial charge in [0.1, 0.15) is 0 Å². The van der Waals surface area contributed by atoms with E-state index in [1.165, 1.54) is 0 Å². The van der Waals surface area contributed by atoms with Crippen LogP contribution in [0.4, 0.5) is 39.5 Å². The van der Waals surface area contributed by atoms with Gasteiger partial charge in [0, 0.05) is 0 Å². The number of unbranched alkanes of at least 4 members (excludes halogenated alkanes) is 1. The van der Waals surface area contributed by atoms with Crippen LogP contribution >= 0.6 is 0 Å². The summed E-state index contributed by atoms with van der Waals surface area (Å²) in [5, 5.41) is 0. The minimum Gasteiger partial charge on any atom is -0.204 e. The van der Waals surface area contributed by atoms with Crippen LogP contribution in [0.3, 0.4) is 0 Å². The van der Waals surface area contributed by atoms with Crippen molar-refractivity contribution in [3.05, 3.63) is 105 Å². The van der Waals surface area contributed by atoms with Gasteiger partial charge >= 0.3 is 0 Å². The zero-order valence-corrected chi connectivity index (χ0v) is 19.1. The maximum absolute atomic E-state index is 13.7. The number of aryl methyl sites for hydroxylation is 2. The van der Waals surface area contributed by atoms with E-state index in [4.69, 9.17) is 0 Å². The van der Waals surface area contributed by atoms with Gasteiger partial charge in [-0.3, -0.25) is 0 Å². The molecule has 1 atom stereocenters. The van der Waals surface area contributed by atoms with Gasteiger partial charge in [0.05, 0.1) is 0 Å². The van der Waals surface area contributed by atoms with Crippen LogP contribution in [-0.4, -0.2) is 0 Å². The average Bonchev–Trinajstić information content (AvgIpc) is 2.81. The first-order chi connectivity index (χ1) is 17.0. The van der Waals surface area contributed by atoms with E-state index in [-0.39, 0.29) is 41.9 Å². The molecule has 36 heavy (non-hydrogen) atoms. The van der Waals surface area contributed by atoms with Crippen molar-refractivity contribution in [1.29, 1.82) is 0 Å². The second-order valence-electron chi connectivity index (χ2n) is 8.83. The molecular weight excluding hydrogens is 495 g/mol. The highest BCUT2D eigenvalue weighted by molar-refractivity contribution is 5.21. The highest BCUT2D eigenvalue weighted by Crippen LogP contribution is 2.25. The minimum absolute atomic E-state index is 0.161. The molecule has 0 heterocycles. The summed E-state index contributed by atoms with van der Waals surface area (Å²) in [6.07, 6.45) is 3.16. The van der Waals surface area contributed by atoms with Crippen LogP contribution in [-0.2, 0) is 19.3 Å². The van der Waals surface area contributed by atoms with Crippen molar-refractivity contribution in [2.45, 2.75) is 51.4 Å². The second-order valence-corrected chi connectivity index (χ2v) is 8.83. The third kappa shape index (κ3) is 7.27. The van der Waals surface area contributed by atoms with Gasteiger partial charge in [-0.25, -0.2) is 39.5 Å². The van der Waals surface area contributed by atoms with Crippen LogP contribution < -0.4 is 0 Å². The number of hydrogen-bond donors (Lipinski definition) is 0. The Labute approximate surface area is 202 Å². The molecule has 0 bridgehead atoms. The van der Waals surface area contributed by atoms with Gasteiger partial charge in [0.25, 0.3) is 0 Å². The van der Waals surface area contributed by atoms with E-state index in [0.717, 1.165) is 36.4 Å². The number of halogens is 9. The van der Waals surface area contributed by atoms with Crippen LogP contribution in [0.25, 0.3) is 0 Å². The lowest BCUT2D eigenvalue weighted by Crippen LogP contribution is -2.08. The predicted octanol–water partition coefficient (Wildman–Crippen LogP) is 8.53. The van der Waals surface area contributed by atoms with Crippen LogP contribution in [0, 0.1) is 58.3 Å². The summed E-state index contributed by atoms with van der Waals surface area (Å²) < 4.78 is 121. The minimum atomic E-state index is -1.57. The third-order valence-electron chi connectivity index (χ3n) is 6.06. The molecule has 0 aliphatic heterocycles. The molecule has 0 fully saturated rings. The van der Waals surface area contributed by atoms with Gasteiger partial charge in [0.15, 0.2) is 52.4 Å². The molecule has 0 amide bonds. The SMILES string of the molecule is Fc1cc(CCCCC(CCCc2cc(F)c(F)c(F)c2)Cc2cc(F)c(F)c(F)c2)cc(F)c1F. The topological polar surface area (TPSA) is 0 Å². The second kappa shape index (κ2) is 12.3. The molecule has 194 valence electrons. The molecular formula is C27H23F9. The van der Waals surface area contributed by atoms with Crippen molar-refractivity contribution in [3.63, 3.8) is 0 Å². The van der Waals surface area contributed by atoms with E-state index >= 15 is 0 Å². The van der Waals surface area contributed by atoms with Gasteiger partial charge in [-0.1, -0.05) is 12.8 Å². The van der Waals surface area contributed by atoms with Crippen LogP contribution in [0.1, 0.15) is 48.8 Å². The molecule has 0 N–H and O–H groups in total. The average molecular weight is 518 g/mol. The van der Waals surface area contributed by atoms with Crippen molar-refractivity contribution in [1.82, 2.24) is 0 Å². The fourth-order valence-electron chi connectivity index (χ4n) is 4.27. The van der Waals surface area contributed by atoms with E-state index in [1.54, 1.807) is 0 Å². The molecule has 0 spiro atoms. The van der Waals surface area contributed by atoms with E-state index in [1.807, 2.05) is 0 Å². The molecule has 0 radical (unpaired) electrons. The quantitative estimate of drug-likeness (QED) is 0.136. The highest BCUT2D eigenvalue weighted by atomic mass is 19.2. The summed E-state index contributed by atoms with van der Waals surface area (Å²) in [5.74, 6) is -12.6. The van der Waals surface area contributed by atoms with Crippen LogP contribution in [0.5, 0.6) is 0 Å². The van der Waals surface area contributed by atoms with Gasteiger partial charge in [-0.05, 0) is 97.5 Å². The highest BCUT2D eigenvalue weighted by Gasteiger charge is 2.17. The summed E-state index contributed by atoms with van der Waals surface area (Å²) in [6, 6.07) is 5.44. The summed E-state index contributed by atoms with van der Waals surface area (Å²) in [5.41, 5.74) is 0.772. The van der Waals surface area contributed by atoms with E-state index in [2.05, 4.69) is 0 Å². The molecule has 0 saturated heterocycles. The zero-order valence-electron chi connectivity index (χ0n) is 19.1. The van der Waals surface area contributed by atoms with E-state index in [0.29, 0.717) is 32.1 Å². The van der Waals surface area contributed by atoms with Crippen molar-refractivity contribution < 1.29 is 39.5 Å². The van der Waals surface area contributed by atoms with Crippen molar-refractivity contribution in [2.75, 3.05) is 0 Å². The zero-order chi connectivity index (χ0) is 26.4. The maximum Gasteiger partial charge on any atom is 0.194 e. The first kappa shape index (κ1) is 27.6. The largest absolute Gasteiger partial charge is 0.204 e. The van der Waals surface area contributed by atoms with Crippen molar-refractivity contribution in [3.8, 4) is 0 Å². The Morgan fingerprint density at radius 1 is 0.417 bits per heavy atom. The Morgan fingerprint density at radius 3 is 1.17 bits per heavy atom. The van der Waals surface area contributed by atoms with Gasteiger partial charge in [0.2, 0.25) is 0 Å². The first-order valence-corrected chi connectivity index (χ1v) is 11.5. The first-order valence-electron chi connectivity index (χ1n) is 11.5. The Balaban J connectivity index is 1.62. The van der Waals surface area contributed by atoms with Crippen molar-refractivity contribution in [2.24, 2.45) is 5.92 Å². The molecule has 9 heteroatoms. The molecule has 3 rings (SSSR count). The van der Waals surface area contributed by atoms with Gasteiger partial charge < -0.3 is 0 Å². The Hall–Kier alpha value is -2.97. The summed E-state index contributed by atoms with van der Waals surface area (Å²) in [6.45, 7) is 0. The van der Waals surface area contributed by atoms with Gasteiger partial charge in [-0.2, -0.15) is 0 Å². The number of hydrogen-bond acceptors (Lipinski definition) is 0. The summed E-state index contributed by atoms with van der Waals surface area (Å²) >= 11 is 0. The normalized spacial score (nSPS) is 12.2. The Morgan fingerprint density at radius 2 is 0.750 bits per heavy atom. The fraction of sp³-hybridized carbons (Fsp3) is 0.333. The Kier molecular flexibility index (Phi) is 9.45. The van der Waals surface area contributed by atoms with E-state index in [9.17, 15) is 39.5 Å². The Bertz CT molecular complexity index is 1140. The van der Waals surface area contributed by atoms with Crippen molar-refractivity contribution >= 4 is 0 Å². The molecule has 0 aromatic heterocycles. The van der Waals surface area contributed by atoms with Crippen LogP contribution in [0.2, 0.25) is 0 Å². The molecule has 0 aliphatic carbocycles. The lowest BCUT2D eigenvalue weighted by atomic mass is 9.88. The molecule has 0 nitrogen and oxygen atoms in total. The lowest BCUT2D eigenvalue weighted by molar-refractivity contribution is 0.407. The fourth-order valence-corrected chi connectivity index (χ4v) is 4.27. The molecule has 3 aromatic rings. The van der Waals surface area contributed by atoms with Crippen LogP contribution in [0.15, 0.2) is 36.4 Å². The molecule has 3 aromatic carbocycles. The standard InChI is InChI=1S/C27H23F9/c28-19-9-16(10-20(29)25(19)34)5-2-1-4-15(8-18-13-23(32)27(36)24(33)14-18)6-3-7-17-11-21(30)26(35)22(31)12-17/h9-15H,1-8H2. The molecule has 1 unspecified atom stereocenters. The van der Waals surface area contributed by atoms with Gasteiger partial charge in [-0.15, -0.1) is 0 Å². The maximum atomic E-state index is 13.7. The lowest BCUT2D eigenvalue weighted by Gasteiger charge is -2.18.